The van der Waals surface area contributed by atoms with Crippen LogP contribution in [0.1, 0.15) is 40.5 Å². The van der Waals surface area contributed by atoms with Gasteiger partial charge in [0.1, 0.15) is 0 Å². The van der Waals surface area contributed by atoms with Crippen LogP contribution in [-0.2, 0) is 0 Å². The number of aromatic nitrogens is 3. The Morgan fingerprint density at radius 2 is 2.08 bits per heavy atom. The number of nitrogens with zero attached hydrogens (tertiary/aromatic N) is 5. The van der Waals surface area contributed by atoms with Crippen molar-refractivity contribution >= 4 is 33.5 Å². The summed E-state index contributed by atoms with van der Waals surface area (Å²) in [4.78, 5) is 26.3. The summed E-state index contributed by atoms with van der Waals surface area (Å²) in [5.74, 6) is 0.502. The number of carbonyl (C=O) groups is 1. The molecule has 0 bridgehead atoms. The van der Waals surface area contributed by atoms with E-state index >= 15 is 0 Å². The highest BCUT2D eigenvalue weighted by molar-refractivity contribution is 7.13. The second-order valence-electron chi connectivity index (χ2n) is 6.91. The molecule has 3 aromatic rings. The lowest BCUT2D eigenvalue weighted by Gasteiger charge is -2.34. The van der Waals surface area contributed by atoms with Gasteiger partial charge in [0, 0.05) is 49.4 Å². The summed E-state index contributed by atoms with van der Waals surface area (Å²) in [5.41, 5.74) is 2.84. The van der Waals surface area contributed by atoms with Crippen LogP contribution in [0.5, 0.6) is 0 Å². The third-order valence-electron chi connectivity index (χ3n) is 5.12. The zero-order valence-corrected chi connectivity index (χ0v) is 15.3. The smallest absolute Gasteiger partial charge is 0.259 e. The van der Waals surface area contributed by atoms with Gasteiger partial charge in [-0.3, -0.25) is 4.79 Å². The number of hydrogen-bond acceptors (Lipinski definition) is 7. The minimum Gasteiger partial charge on any atom is -0.345 e. The average molecular weight is 369 g/mol. The van der Waals surface area contributed by atoms with Gasteiger partial charge >= 0.3 is 0 Å². The summed E-state index contributed by atoms with van der Waals surface area (Å²) in [6, 6.07) is 1.96. The van der Waals surface area contributed by atoms with Crippen LogP contribution in [-0.4, -0.2) is 52.1 Å². The minimum absolute atomic E-state index is 0.0457. The molecule has 1 aliphatic carbocycles. The van der Waals surface area contributed by atoms with Crippen LogP contribution >= 0.6 is 11.3 Å². The van der Waals surface area contributed by atoms with Crippen molar-refractivity contribution in [1.29, 1.82) is 0 Å². The normalized spacial score (nSPS) is 17.9. The molecule has 4 heterocycles. The number of piperazine rings is 1. The molecular formula is C18H19N5O2S. The maximum absolute atomic E-state index is 13.2. The molecule has 5 rings (SSSR count). The van der Waals surface area contributed by atoms with Gasteiger partial charge in [-0.25, -0.2) is 9.97 Å². The molecule has 2 fully saturated rings. The standard InChI is InChI=1S/C18H19N5O2S/c1-11-15-13(10-14(12-2-3-12)20-16(15)25-21-11)17(24)22-5-7-23(8-6-22)18-19-4-9-26-18/h4,9-10,12H,2-3,5-8H2,1H3. The van der Waals surface area contributed by atoms with Crippen LogP contribution in [0, 0.1) is 6.92 Å². The number of carbonyl (C=O) groups excluding carboxylic acids is 1. The highest BCUT2D eigenvalue weighted by Gasteiger charge is 2.31. The molecule has 1 saturated carbocycles. The second kappa shape index (κ2) is 6.05. The molecule has 134 valence electrons. The molecule has 26 heavy (non-hydrogen) atoms. The minimum atomic E-state index is 0.0457. The summed E-state index contributed by atoms with van der Waals surface area (Å²) in [6.45, 7) is 4.83. The lowest BCUT2D eigenvalue weighted by atomic mass is 10.1. The molecule has 0 spiro atoms. The van der Waals surface area contributed by atoms with Crippen molar-refractivity contribution in [3.8, 4) is 0 Å². The summed E-state index contributed by atoms with van der Waals surface area (Å²) in [7, 11) is 0. The van der Waals surface area contributed by atoms with E-state index in [1.165, 1.54) is 0 Å². The van der Waals surface area contributed by atoms with Crippen molar-refractivity contribution < 1.29 is 9.32 Å². The topological polar surface area (TPSA) is 75.4 Å². The monoisotopic (exact) mass is 369 g/mol. The Morgan fingerprint density at radius 3 is 2.77 bits per heavy atom. The van der Waals surface area contributed by atoms with Crippen LogP contribution in [0.3, 0.4) is 0 Å². The maximum atomic E-state index is 13.2. The number of pyridine rings is 1. The third-order valence-corrected chi connectivity index (χ3v) is 5.95. The van der Waals surface area contributed by atoms with E-state index in [0.29, 0.717) is 30.3 Å². The van der Waals surface area contributed by atoms with Gasteiger partial charge in [-0.05, 0) is 25.8 Å². The van der Waals surface area contributed by atoms with E-state index in [2.05, 4.69) is 20.0 Å². The number of rotatable bonds is 3. The number of thiazole rings is 1. The van der Waals surface area contributed by atoms with Crippen LogP contribution in [0.4, 0.5) is 5.13 Å². The van der Waals surface area contributed by atoms with Gasteiger partial charge in [0.15, 0.2) is 5.13 Å². The lowest BCUT2D eigenvalue weighted by molar-refractivity contribution is 0.0748. The highest BCUT2D eigenvalue weighted by atomic mass is 32.1. The van der Waals surface area contributed by atoms with E-state index in [4.69, 9.17) is 4.52 Å². The first-order valence-electron chi connectivity index (χ1n) is 8.91. The van der Waals surface area contributed by atoms with Gasteiger partial charge in [-0.1, -0.05) is 5.16 Å². The molecule has 0 N–H and O–H groups in total. The van der Waals surface area contributed by atoms with Crippen molar-refractivity contribution in [1.82, 2.24) is 20.0 Å². The predicted molar refractivity (Wildman–Crippen MR) is 98.7 cm³/mol. The molecule has 1 amide bonds. The third kappa shape index (κ3) is 2.65. The van der Waals surface area contributed by atoms with E-state index in [1.807, 2.05) is 29.5 Å². The predicted octanol–water partition coefficient (Wildman–Crippen LogP) is 2.83. The summed E-state index contributed by atoms with van der Waals surface area (Å²) in [6.07, 6.45) is 4.08. The Bertz CT molecular complexity index is 956. The Morgan fingerprint density at radius 1 is 1.27 bits per heavy atom. The molecule has 0 radical (unpaired) electrons. The van der Waals surface area contributed by atoms with E-state index in [9.17, 15) is 4.79 Å². The molecule has 3 aromatic heterocycles. The Kier molecular flexibility index (Phi) is 3.66. The molecule has 2 aliphatic rings. The first-order chi connectivity index (χ1) is 12.7. The molecular weight excluding hydrogens is 350 g/mol. The van der Waals surface area contributed by atoms with Gasteiger partial charge in [-0.15, -0.1) is 11.3 Å². The van der Waals surface area contributed by atoms with Crippen LogP contribution in [0.15, 0.2) is 22.2 Å². The van der Waals surface area contributed by atoms with E-state index in [1.54, 1.807) is 11.3 Å². The van der Waals surface area contributed by atoms with Crippen LogP contribution in [0.25, 0.3) is 11.1 Å². The summed E-state index contributed by atoms with van der Waals surface area (Å²) >= 11 is 1.63. The number of hydrogen-bond donors (Lipinski definition) is 0. The van der Waals surface area contributed by atoms with Crippen molar-refractivity contribution in [3.63, 3.8) is 0 Å². The van der Waals surface area contributed by atoms with E-state index < -0.39 is 0 Å². The number of aryl methyl sites for hydroxylation is 1. The molecule has 1 saturated heterocycles. The van der Waals surface area contributed by atoms with Crippen LogP contribution < -0.4 is 4.90 Å². The van der Waals surface area contributed by atoms with Gasteiger partial charge in [0.2, 0.25) is 0 Å². The van der Waals surface area contributed by atoms with Gasteiger partial charge in [0.05, 0.1) is 16.6 Å². The summed E-state index contributed by atoms with van der Waals surface area (Å²) in [5, 5.41) is 7.78. The number of anilines is 1. The fraction of sp³-hybridized carbons (Fsp3) is 0.444. The molecule has 0 atom stereocenters. The molecule has 7 nitrogen and oxygen atoms in total. The lowest BCUT2D eigenvalue weighted by Crippen LogP contribution is -2.48. The zero-order chi connectivity index (χ0) is 17.7. The first kappa shape index (κ1) is 15.7. The first-order valence-corrected chi connectivity index (χ1v) is 9.79. The Labute approximate surface area is 154 Å². The van der Waals surface area contributed by atoms with E-state index in [0.717, 1.165) is 47.8 Å². The zero-order valence-electron chi connectivity index (χ0n) is 14.5. The average Bonchev–Trinajstić information content (AvgIpc) is 3.25. The van der Waals surface area contributed by atoms with Crippen molar-refractivity contribution in [2.75, 3.05) is 31.1 Å². The van der Waals surface area contributed by atoms with Crippen LogP contribution in [0.2, 0.25) is 0 Å². The van der Waals surface area contributed by atoms with Crippen molar-refractivity contribution in [3.05, 3.63) is 34.6 Å². The fourth-order valence-corrected chi connectivity index (χ4v) is 4.21. The van der Waals surface area contributed by atoms with Crippen molar-refractivity contribution in [2.24, 2.45) is 0 Å². The van der Waals surface area contributed by atoms with Gasteiger partial charge in [0.25, 0.3) is 11.6 Å². The number of fused-ring (bicyclic) bond motifs is 1. The van der Waals surface area contributed by atoms with Crippen molar-refractivity contribution in [2.45, 2.75) is 25.7 Å². The highest BCUT2D eigenvalue weighted by Crippen LogP contribution is 2.40. The Hall–Kier alpha value is -2.48. The second-order valence-corrected chi connectivity index (χ2v) is 7.78. The quantitative estimate of drug-likeness (QED) is 0.707. The van der Waals surface area contributed by atoms with Gasteiger partial charge < -0.3 is 14.3 Å². The fourth-order valence-electron chi connectivity index (χ4n) is 3.51. The molecule has 0 unspecified atom stereocenters. The SMILES string of the molecule is Cc1noc2nc(C3CC3)cc(C(=O)N3CCN(c4nccs4)CC3)c12. The molecule has 8 heteroatoms. The summed E-state index contributed by atoms with van der Waals surface area (Å²) < 4.78 is 5.36. The number of amides is 1. The van der Waals surface area contributed by atoms with E-state index in [-0.39, 0.29) is 5.91 Å². The van der Waals surface area contributed by atoms with Gasteiger partial charge in [-0.2, -0.15) is 0 Å². The largest absolute Gasteiger partial charge is 0.345 e. The Balaban J connectivity index is 1.42. The maximum Gasteiger partial charge on any atom is 0.259 e. The molecule has 1 aliphatic heterocycles. The molecule has 0 aromatic carbocycles.